The molecule has 3 N–H and O–H groups in total. The first-order valence-electron chi connectivity index (χ1n) is 8.16. The molecule has 0 heterocycles. The molecule has 1 aromatic rings. The van der Waals surface area contributed by atoms with E-state index in [4.69, 9.17) is 9.47 Å². The van der Waals surface area contributed by atoms with E-state index in [1.807, 2.05) is 12.1 Å². The smallest absolute Gasteiger partial charge is 0.315 e. The summed E-state index contributed by atoms with van der Waals surface area (Å²) in [7, 11) is 1.59. The highest BCUT2D eigenvalue weighted by atomic mass is 16.5. The molecule has 0 unspecified atom stereocenters. The zero-order valence-corrected chi connectivity index (χ0v) is 13.6. The molecular weight excluding hydrogens is 296 g/mol. The average Bonchev–Trinajstić information content (AvgIpc) is 2.59. The third-order valence-electron chi connectivity index (χ3n) is 3.92. The highest BCUT2D eigenvalue weighted by Crippen LogP contribution is 2.19. The Morgan fingerprint density at radius 2 is 2.04 bits per heavy atom. The first kappa shape index (κ1) is 17.4. The molecule has 6 nitrogen and oxygen atoms in total. The van der Waals surface area contributed by atoms with Crippen molar-refractivity contribution in [2.75, 3.05) is 20.3 Å². The molecule has 0 aliphatic heterocycles. The summed E-state index contributed by atoms with van der Waals surface area (Å²) in [6, 6.07) is 7.21. The fourth-order valence-corrected chi connectivity index (χ4v) is 2.64. The van der Waals surface area contributed by atoms with Crippen LogP contribution in [0.3, 0.4) is 0 Å². The first-order valence-corrected chi connectivity index (χ1v) is 8.16. The Kier molecular flexibility index (Phi) is 7.00. The van der Waals surface area contributed by atoms with Gasteiger partial charge in [-0.25, -0.2) is 4.79 Å². The van der Waals surface area contributed by atoms with Gasteiger partial charge in [0.05, 0.1) is 7.11 Å². The van der Waals surface area contributed by atoms with Crippen LogP contribution < -0.4 is 20.1 Å². The number of amides is 2. The molecular formula is C17H26N2O4. The summed E-state index contributed by atoms with van der Waals surface area (Å²) in [6.07, 6.45) is 4.90. The molecule has 128 valence electrons. The number of carbonyl (C=O) groups is 1. The van der Waals surface area contributed by atoms with E-state index < -0.39 is 6.10 Å². The standard InChI is InChI=1S/C17H26N2O4/c1-22-15-8-5-9-16(10-15)23-12-14(20)11-18-17(21)19-13-6-3-2-4-7-13/h5,8-10,13-14,20H,2-4,6-7,11-12H2,1H3,(H2,18,19,21)/t14-/m1/s1. The summed E-state index contributed by atoms with van der Waals surface area (Å²) in [5, 5.41) is 15.5. The van der Waals surface area contributed by atoms with Crippen molar-refractivity contribution in [1.29, 1.82) is 0 Å². The van der Waals surface area contributed by atoms with Gasteiger partial charge in [0.15, 0.2) is 0 Å². The molecule has 1 aromatic carbocycles. The lowest BCUT2D eigenvalue weighted by molar-refractivity contribution is 0.107. The van der Waals surface area contributed by atoms with Crippen molar-refractivity contribution in [3.8, 4) is 11.5 Å². The number of urea groups is 1. The van der Waals surface area contributed by atoms with Crippen LogP contribution in [0.25, 0.3) is 0 Å². The Morgan fingerprint density at radius 3 is 2.78 bits per heavy atom. The van der Waals surface area contributed by atoms with E-state index in [2.05, 4.69) is 10.6 Å². The molecule has 1 aliphatic carbocycles. The summed E-state index contributed by atoms with van der Waals surface area (Å²) < 4.78 is 10.6. The van der Waals surface area contributed by atoms with Crippen LogP contribution in [0.5, 0.6) is 11.5 Å². The van der Waals surface area contributed by atoms with E-state index in [0.717, 1.165) is 12.8 Å². The van der Waals surface area contributed by atoms with E-state index in [1.165, 1.54) is 19.3 Å². The maximum absolute atomic E-state index is 11.8. The fourth-order valence-electron chi connectivity index (χ4n) is 2.64. The fraction of sp³-hybridized carbons (Fsp3) is 0.588. The van der Waals surface area contributed by atoms with Crippen molar-refractivity contribution in [2.45, 2.75) is 44.2 Å². The first-order chi connectivity index (χ1) is 11.2. The number of hydrogen-bond acceptors (Lipinski definition) is 4. The van der Waals surface area contributed by atoms with Crippen LogP contribution in [0.4, 0.5) is 4.79 Å². The van der Waals surface area contributed by atoms with Crippen molar-refractivity contribution in [2.24, 2.45) is 0 Å². The number of benzene rings is 1. The van der Waals surface area contributed by atoms with Crippen LogP contribution in [0.1, 0.15) is 32.1 Å². The predicted octanol–water partition coefficient (Wildman–Crippen LogP) is 2.07. The molecule has 1 atom stereocenters. The second-order valence-electron chi connectivity index (χ2n) is 5.83. The monoisotopic (exact) mass is 322 g/mol. The molecule has 1 fully saturated rings. The maximum Gasteiger partial charge on any atom is 0.315 e. The zero-order chi connectivity index (χ0) is 16.5. The number of hydrogen-bond donors (Lipinski definition) is 3. The molecule has 2 amide bonds. The van der Waals surface area contributed by atoms with Crippen molar-refractivity contribution in [1.82, 2.24) is 10.6 Å². The second kappa shape index (κ2) is 9.25. The Labute approximate surface area is 137 Å². The summed E-state index contributed by atoms with van der Waals surface area (Å²) in [5.41, 5.74) is 0. The molecule has 0 radical (unpaired) electrons. The second-order valence-corrected chi connectivity index (χ2v) is 5.83. The molecule has 6 heteroatoms. The van der Waals surface area contributed by atoms with Crippen LogP contribution in [-0.2, 0) is 0 Å². The summed E-state index contributed by atoms with van der Waals surface area (Å²) >= 11 is 0. The number of aliphatic hydroxyl groups is 1. The zero-order valence-electron chi connectivity index (χ0n) is 13.6. The Bertz CT molecular complexity index is 489. The summed E-state index contributed by atoms with van der Waals surface area (Å²) in [4.78, 5) is 11.8. The van der Waals surface area contributed by atoms with Crippen molar-refractivity contribution in [3.05, 3.63) is 24.3 Å². The number of methoxy groups -OCH3 is 1. The molecule has 1 saturated carbocycles. The third-order valence-corrected chi connectivity index (χ3v) is 3.92. The van der Waals surface area contributed by atoms with E-state index >= 15 is 0 Å². The Balaban J connectivity index is 1.63. The third kappa shape index (κ3) is 6.36. The minimum atomic E-state index is -0.765. The van der Waals surface area contributed by atoms with Crippen molar-refractivity contribution in [3.63, 3.8) is 0 Å². The SMILES string of the molecule is COc1cccc(OC[C@H](O)CNC(=O)NC2CCCCC2)c1. The number of ether oxygens (including phenoxy) is 2. The molecule has 0 bridgehead atoms. The predicted molar refractivity (Wildman–Crippen MR) is 87.9 cm³/mol. The van der Waals surface area contributed by atoms with E-state index in [9.17, 15) is 9.90 Å². The van der Waals surface area contributed by atoms with E-state index in [0.29, 0.717) is 11.5 Å². The van der Waals surface area contributed by atoms with Gasteiger partial charge in [0.2, 0.25) is 0 Å². The minimum Gasteiger partial charge on any atom is -0.497 e. The molecule has 0 spiro atoms. The summed E-state index contributed by atoms with van der Waals surface area (Å²) in [6.45, 7) is 0.263. The van der Waals surface area contributed by atoms with Crippen LogP contribution in [0, 0.1) is 0 Å². The van der Waals surface area contributed by atoms with Crippen molar-refractivity contribution >= 4 is 6.03 Å². The Morgan fingerprint density at radius 1 is 1.30 bits per heavy atom. The lowest BCUT2D eigenvalue weighted by Gasteiger charge is -2.23. The van der Waals surface area contributed by atoms with Crippen LogP contribution in [0.2, 0.25) is 0 Å². The topological polar surface area (TPSA) is 79.8 Å². The van der Waals surface area contributed by atoms with Gasteiger partial charge in [-0.05, 0) is 25.0 Å². The summed E-state index contributed by atoms with van der Waals surface area (Å²) in [5.74, 6) is 1.32. The van der Waals surface area contributed by atoms with Gasteiger partial charge in [-0.1, -0.05) is 25.3 Å². The van der Waals surface area contributed by atoms with Crippen LogP contribution >= 0.6 is 0 Å². The number of nitrogens with one attached hydrogen (secondary N) is 2. The lowest BCUT2D eigenvalue weighted by Crippen LogP contribution is -2.45. The highest BCUT2D eigenvalue weighted by molar-refractivity contribution is 5.74. The maximum atomic E-state index is 11.8. The van der Waals surface area contributed by atoms with Gasteiger partial charge in [-0.3, -0.25) is 0 Å². The average molecular weight is 322 g/mol. The van der Waals surface area contributed by atoms with Gasteiger partial charge in [-0.15, -0.1) is 0 Å². The quantitative estimate of drug-likeness (QED) is 0.718. The van der Waals surface area contributed by atoms with Crippen LogP contribution in [0.15, 0.2) is 24.3 Å². The number of rotatable bonds is 7. The van der Waals surface area contributed by atoms with Crippen LogP contribution in [-0.4, -0.2) is 43.5 Å². The lowest BCUT2D eigenvalue weighted by atomic mass is 9.96. The number of carbonyl (C=O) groups excluding carboxylic acids is 1. The van der Waals surface area contributed by atoms with Gasteiger partial charge in [0, 0.05) is 18.7 Å². The Hall–Kier alpha value is -1.95. The largest absolute Gasteiger partial charge is 0.497 e. The van der Waals surface area contributed by atoms with Gasteiger partial charge < -0.3 is 25.2 Å². The molecule has 23 heavy (non-hydrogen) atoms. The normalized spacial score (nSPS) is 16.4. The van der Waals surface area contributed by atoms with Gasteiger partial charge >= 0.3 is 6.03 Å². The van der Waals surface area contributed by atoms with Gasteiger partial charge in [0.25, 0.3) is 0 Å². The number of aliphatic hydroxyl groups excluding tert-OH is 1. The molecule has 2 rings (SSSR count). The molecule has 0 aromatic heterocycles. The molecule has 1 aliphatic rings. The van der Waals surface area contributed by atoms with Crippen molar-refractivity contribution < 1.29 is 19.4 Å². The van der Waals surface area contributed by atoms with Gasteiger partial charge in [-0.2, -0.15) is 0 Å². The minimum absolute atomic E-state index is 0.108. The molecule has 0 saturated heterocycles. The van der Waals surface area contributed by atoms with E-state index in [-0.39, 0.29) is 25.2 Å². The highest BCUT2D eigenvalue weighted by Gasteiger charge is 2.16. The van der Waals surface area contributed by atoms with Gasteiger partial charge in [0.1, 0.15) is 24.2 Å². The van der Waals surface area contributed by atoms with E-state index in [1.54, 1.807) is 19.2 Å².